The Bertz CT molecular complexity index is 251. The molecule has 0 amide bonds. The molecular weight excluding hydrogens is 226 g/mol. The lowest BCUT2D eigenvalue weighted by Crippen LogP contribution is -2.52. The first kappa shape index (κ1) is 16.9. The van der Waals surface area contributed by atoms with Gasteiger partial charge in [0.1, 0.15) is 0 Å². The summed E-state index contributed by atoms with van der Waals surface area (Å²) in [7, 11) is 0. The first-order valence-corrected chi connectivity index (χ1v) is 6.86. The molecule has 0 fully saturated rings. The summed E-state index contributed by atoms with van der Waals surface area (Å²) in [5.41, 5.74) is 0. The van der Waals surface area contributed by atoms with E-state index < -0.39 is 0 Å². The maximum absolute atomic E-state index is 11.7. The average Bonchev–Trinajstić information content (AvgIpc) is 2.30. The van der Waals surface area contributed by atoms with Gasteiger partial charge in [0.25, 0.3) is 0 Å². The zero-order valence-corrected chi connectivity index (χ0v) is 12.0. The second kappa shape index (κ2) is 9.89. The average molecular weight is 254 g/mol. The second-order valence-electron chi connectivity index (χ2n) is 4.68. The van der Waals surface area contributed by atoms with Gasteiger partial charge in [-0.15, -0.1) is 0 Å². The van der Waals surface area contributed by atoms with Crippen LogP contribution in [-0.4, -0.2) is 43.2 Å². The van der Waals surface area contributed by atoms with Crippen LogP contribution < -0.4 is 0 Å². The maximum atomic E-state index is 11.7. The molecule has 0 aliphatic carbocycles. The van der Waals surface area contributed by atoms with Crippen molar-refractivity contribution in [1.82, 2.24) is 0 Å². The molecule has 3 heteroatoms. The summed E-state index contributed by atoms with van der Waals surface area (Å²) in [5.74, 6) is -0.127. The van der Waals surface area contributed by atoms with Gasteiger partial charge in [-0.1, -0.05) is 26.5 Å². The van der Waals surface area contributed by atoms with E-state index >= 15 is 0 Å². The van der Waals surface area contributed by atoms with Crippen LogP contribution in [0.3, 0.4) is 0 Å². The van der Waals surface area contributed by atoms with Crippen molar-refractivity contribution < 1.29 is 14.0 Å². The van der Waals surface area contributed by atoms with Gasteiger partial charge in [-0.2, -0.15) is 0 Å². The van der Waals surface area contributed by atoms with Crippen molar-refractivity contribution in [2.75, 3.05) is 32.8 Å². The number of hydrogen-bond acceptors (Lipinski definition) is 2. The van der Waals surface area contributed by atoms with Crippen molar-refractivity contribution >= 4 is 5.97 Å². The quantitative estimate of drug-likeness (QED) is 0.245. The lowest BCUT2D eigenvalue weighted by molar-refractivity contribution is -0.910. The minimum absolute atomic E-state index is 0.127. The number of quaternary nitrogens is 1. The summed E-state index contributed by atoms with van der Waals surface area (Å²) in [6, 6.07) is 0. The number of rotatable bonds is 11. The van der Waals surface area contributed by atoms with Crippen molar-refractivity contribution in [3.8, 4) is 0 Å². The molecule has 0 atom stereocenters. The van der Waals surface area contributed by atoms with Gasteiger partial charge >= 0.3 is 5.97 Å². The number of unbranched alkanes of at least 4 members (excludes halogenated alkanes) is 2. The Morgan fingerprint density at radius 1 is 1.17 bits per heavy atom. The van der Waals surface area contributed by atoms with E-state index in [9.17, 15) is 4.79 Å². The number of carbonyl (C=O) groups excluding carboxylic acids is 1. The molecule has 0 aromatic rings. The highest BCUT2D eigenvalue weighted by Gasteiger charge is 2.28. The van der Waals surface area contributed by atoms with Crippen LogP contribution in [-0.2, 0) is 9.53 Å². The third kappa shape index (κ3) is 6.60. The molecule has 0 unspecified atom stereocenters. The van der Waals surface area contributed by atoms with Crippen LogP contribution in [0.5, 0.6) is 0 Å². The molecule has 0 spiro atoms. The zero-order chi connectivity index (χ0) is 13.9. The molecule has 0 aliphatic rings. The van der Waals surface area contributed by atoms with Gasteiger partial charge < -0.3 is 9.22 Å². The number of carbonyl (C=O) groups is 1. The van der Waals surface area contributed by atoms with Crippen molar-refractivity contribution in [1.29, 1.82) is 0 Å². The van der Waals surface area contributed by atoms with Crippen molar-refractivity contribution in [2.45, 2.75) is 33.1 Å². The van der Waals surface area contributed by atoms with Crippen molar-refractivity contribution in [3.05, 3.63) is 25.3 Å². The zero-order valence-electron chi connectivity index (χ0n) is 12.0. The summed E-state index contributed by atoms with van der Waals surface area (Å²) in [4.78, 5) is 11.7. The number of ether oxygens (including phenoxy) is 1. The van der Waals surface area contributed by atoms with Gasteiger partial charge in [-0.3, -0.25) is 0 Å². The van der Waals surface area contributed by atoms with E-state index in [1.54, 1.807) is 0 Å². The minimum Gasteiger partial charge on any atom is -0.462 e. The Morgan fingerprint density at radius 2 is 1.78 bits per heavy atom. The maximum Gasteiger partial charge on any atom is 0.361 e. The molecule has 0 bridgehead atoms. The van der Waals surface area contributed by atoms with E-state index in [0.29, 0.717) is 17.6 Å². The fourth-order valence-electron chi connectivity index (χ4n) is 2.19. The highest BCUT2D eigenvalue weighted by atomic mass is 16.5. The molecule has 0 aliphatic heterocycles. The lowest BCUT2D eigenvalue weighted by atomic mass is 10.2. The molecule has 0 saturated carbocycles. The number of esters is 1. The molecule has 0 N–H and O–H groups in total. The van der Waals surface area contributed by atoms with Gasteiger partial charge in [-0.05, 0) is 31.9 Å². The first-order valence-electron chi connectivity index (χ1n) is 6.86. The van der Waals surface area contributed by atoms with E-state index in [-0.39, 0.29) is 5.97 Å². The molecular formula is C15H28NO2+. The summed E-state index contributed by atoms with van der Waals surface area (Å²) in [6.45, 7) is 15.0. The van der Waals surface area contributed by atoms with Gasteiger partial charge in [-0.25, -0.2) is 4.79 Å². The molecule has 3 nitrogen and oxygen atoms in total. The van der Waals surface area contributed by atoms with E-state index in [1.165, 1.54) is 12.8 Å². The standard InChI is InChI=1S/C15H28NO2/c1-5-9-10-13-16(11-6-2,12-7-3)14-15(17)18-8-4/h6-7H,2-3,5,8-14H2,1,4H3/q+1. The molecule has 0 aromatic heterocycles. The molecule has 0 rings (SSSR count). The predicted molar refractivity (Wildman–Crippen MR) is 76.3 cm³/mol. The second-order valence-corrected chi connectivity index (χ2v) is 4.68. The summed E-state index contributed by atoms with van der Waals surface area (Å²) in [6.07, 6.45) is 7.26. The normalized spacial score (nSPS) is 11.0. The summed E-state index contributed by atoms with van der Waals surface area (Å²) < 4.78 is 5.76. The fraction of sp³-hybridized carbons (Fsp3) is 0.667. The smallest absolute Gasteiger partial charge is 0.361 e. The van der Waals surface area contributed by atoms with Crippen LogP contribution in [0.2, 0.25) is 0 Å². The third-order valence-electron chi connectivity index (χ3n) is 3.04. The summed E-state index contributed by atoms with van der Waals surface area (Å²) in [5, 5.41) is 0. The van der Waals surface area contributed by atoms with Crippen LogP contribution in [0, 0.1) is 0 Å². The Kier molecular flexibility index (Phi) is 9.29. The molecule has 0 heterocycles. The first-order chi connectivity index (χ1) is 8.64. The molecule has 18 heavy (non-hydrogen) atoms. The lowest BCUT2D eigenvalue weighted by Gasteiger charge is -2.36. The Balaban J connectivity index is 4.65. The Hall–Kier alpha value is -1.09. The van der Waals surface area contributed by atoms with Crippen LogP contribution in [0.4, 0.5) is 0 Å². The van der Waals surface area contributed by atoms with Gasteiger partial charge in [0.2, 0.25) is 0 Å². The van der Waals surface area contributed by atoms with Crippen LogP contribution in [0.15, 0.2) is 25.3 Å². The van der Waals surface area contributed by atoms with Crippen molar-refractivity contribution in [3.63, 3.8) is 0 Å². The number of hydrogen-bond donors (Lipinski definition) is 0. The van der Waals surface area contributed by atoms with Gasteiger partial charge in [0, 0.05) is 0 Å². The van der Waals surface area contributed by atoms with Crippen LogP contribution >= 0.6 is 0 Å². The molecule has 0 radical (unpaired) electrons. The summed E-state index contributed by atoms with van der Waals surface area (Å²) >= 11 is 0. The monoisotopic (exact) mass is 254 g/mol. The van der Waals surface area contributed by atoms with E-state index in [2.05, 4.69) is 20.1 Å². The predicted octanol–water partition coefficient (Wildman–Crippen LogP) is 2.93. The Morgan fingerprint density at radius 3 is 2.22 bits per heavy atom. The number of nitrogens with zero attached hydrogens (tertiary/aromatic N) is 1. The minimum atomic E-state index is -0.127. The third-order valence-corrected chi connectivity index (χ3v) is 3.04. The van der Waals surface area contributed by atoms with Gasteiger partial charge in [0.05, 0.1) is 26.2 Å². The van der Waals surface area contributed by atoms with E-state index in [1.807, 2.05) is 19.1 Å². The van der Waals surface area contributed by atoms with Gasteiger partial charge in [0.15, 0.2) is 6.54 Å². The Labute approximate surface area is 112 Å². The van der Waals surface area contributed by atoms with E-state index in [0.717, 1.165) is 26.1 Å². The molecule has 104 valence electrons. The van der Waals surface area contributed by atoms with Crippen LogP contribution in [0.1, 0.15) is 33.1 Å². The topological polar surface area (TPSA) is 26.3 Å². The SMILES string of the molecule is C=CC[N+](CC=C)(CCCCC)CC(=O)OCC. The highest BCUT2D eigenvalue weighted by Crippen LogP contribution is 2.12. The van der Waals surface area contributed by atoms with E-state index in [4.69, 9.17) is 4.74 Å². The molecule has 0 aromatic carbocycles. The molecule has 0 saturated heterocycles. The van der Waals surface area contributed by atoms with Crippen LogP contribution in [0.25, 0.3) is 0 Å². The van der Waals surface area contributed by atoms with Crippen molar-refractivity contribution in [2.24, 2.45) is 0 Å². The largest absolute Gasteiger partial charge is 0.462 e. The fourth-order valence-corrected chi connectivity index (χ4v) is 2.19. The highest BCUT2D eigenvalue weighted by molar-refractivity contribution is 5.70.